The van der Waals surface area contributed by atoms with Gasteiger partial charge in [-0.05, 0) is 18.6 Å². The summed E-state index contributed by atoms with van der Waals surface area (Å²) in [6.45, 7) is 1.64. The second kappa shape index (κ2) is 7.45. The van der Waals surface area contributed by atoms with E-state index in [1.54, 1.807) is 12.1 Å². The Morgan fingerprint density at radius 1 is 1.14 bits per heavy atom. The Balaban J connectivity index is 2.27. The Hall–Kier alpha value is -2.56. The lowest BCUT2D eigenvalue weighted by atomic mass is 10.1. The zero-order valence-corrected chi connectivity index (χ0v) is 12.5. The zero-order chi connectivity index (χ0) is 15.9. The molecule has 0 atom stereocenters. The van der Waals surface area contributed by atoms with Crippen molar-refractivity contribution in [2.24, 2.45) is 0 Å². The minimum atomic E-state index is -1.03. The molecule has 0 saturated heterocycles. The maximum Gasteiger partial charge on any atom is 0.341 e. The van der Waals surface area contributed by atoms with Crippen molar-refractivity contribution >= 4 is 28.3 Å². The van der Waals surface area contributed by atoms with Crippen molar-refractivity contribution in [1.29, 1.82) is 0 Å². The number of unbranched alkanes of at least 4 members (excludes halogenated alkanes) is 1. The van der Waals surface area contributed by atoms with Gasteiger partial charge >= 0.3 is 5.97 Å². The average Bonchev–Trinajstić information content (AvgIpc) is 2.52. The summed E-state index contributed by atoms with van der Waals surface area (Å²) in [5.41, 5.74) is 0.708. The molecule has 0 spiro atoms. The Bertz CT molecular complexity index is 681. The molecular weight excluding hydrogens is 282 g/mol. The van der Waals surface area contributed by atoms with Crippen LogP contribution in [0.15, 0.2) is 36.4 Å². The Kier molecular flexibility index (Phi) is 5.36. The SMILES string of the molecule is CCCCC(=O)Nc1ccc(OCC(=O)O)c2ccccc12. The van der Waals surface area contributed by atoms with E-state index in [0.29, 0.717) is 17.9 Å². The first kappa shape index (κ1) is 15.8. The molecule has 0 aliphatic heterocycles. The predicted octanol–water partition coefficient (Wildman–Crippen LogP) is 3.43. The number of carbonyl (C=O) groups is 2. The van der Waals surface area contributed by atoms with E-state index < -0.39 is 12.6 Å². The van der Waals surface area contributed by atoms with Gasteiger partial charge in [0, 0.05) is 22.9 Å². The highest BCUT2D eigenvalue weighted by Crippen LogP contribution is 2.31. The number of carboxylic acids is 1. The summed E-state index contributed by atoms with van der Waals surface area (Å²) in [6.07, 6.45) is 2.31. The third-order valence-corrected chi connectivity index (χ3v) is 3.27. The molecule has 0 unspecified atom stereocenters. The van der Waals surface area contributed by atoms with Gasteiger partial charge in [0.05, 0.1) is 0 Å². The Morgan fingerprint density at radius 3 is 2.55 bits per heavy atom. The van der Waals surface area contributed by atoms with Crippen LogP contribution in [0.25, 0.3) is 10.8 Å². The third kappa shape index (κ3) is 3.97. The lowest BCUT2D eigenvalue weighted by Gasteiger charge is -2.12. The van der Waals surface area contributed by atoms with Crippen LogP contribution in [0.3, 0.4) is 0 Å². The predicted molar refractivity (Wildman–Crippen MR) is 85.2 cm³/mol. The molecule has 2 aromatic carbocycles. The van der Waals surface area contributed by atoms with Gasteiger partial charge in [-0.25, -0.2) is 4.79 Å². The quantitative estimate of drug-likeness (QED) is 0.821. The lowest BCUT2D eigenvalue weighted by Crippen LogP contribution is -2.12. The van der Waals surface area contributed by atoms with Crippen LogP contribution in [0, 0.1) is 0 Å². The largest absolute Gasteiger partial charge is 0.481 e. The van der Waals surface area contributed by atoms with E-state index in [4.69, 9.17) is 9.84 Å². The van der Waals surface area contributed by atoms with E-state index in [2.05, 4.69) is 5.32 Å². The summed E-state index contributed by atoms with van der Waals surface area (Å²) in [5, 5.41) is 13.2. The third-order valence-electron chi connectivity index (χ3n) is 3.27. The number of nitrogens with one attached hydrogen (secondary N) is 1. The summed E-state index contributed by atoms with van der Waals surface area (Å²) < 4.78 is 5.29. The molecule has 0 aromatic heterocycles. The minimum absolute atomic E-state index is 0.0220. The summed E-state index contributed by atoms with van der Waals surface area (Å²) >= 11 is 0. The second-order valence-corrected chi connectivity index (χ2v) is 4.99. The Labute approximate surface area is 128 Å². The van der Waals surface area contributed by atoms with Crippen LogP contribution < -0.4 is 10.1 Å². The number of ether oxygens (including phenoxy) is 1. The number of rotatable bonds is 7. The lowest BCUT2D eigenvalue weighted by molar-refractivity contribution is -0.139. The van der Waals surface area contributed by atoms with Crippen molar-refractivity contribution < 1.29 is 19.4 Å². The highest BCUT2D eigenvalue weighted by Gasteiger charge is 2.10. The first-order valence-electron chi connectivity index (χ1n) is 7.28. The first-order chi connectivity index (χ1) is 10.6. The average molecular weight is 301 g/mol. The number of anilines is 1. The molecule has 2 aromatic rings. The van der Waals surface area contributed by atoms with Gasteiger partial charge in [-0.2, -0.15) is 0 Å². The molecule has 5 heteroatoms. The first-order valence-corrected chi connectivity index (χ1v) is 7.28. The van der Waals surface area contributed by atoms with Gasteiger partial charge in [-0.3, -0.25) is 4.79 Å². The maximum atomic E-state index is 11.9. The summed E-state index contributed by atoms with van der Waals surface area (Å²) in [5.74, 6) is -0.559. The fourth-order valence-electron chi connectivity index (χ4n) is 2.20. The van der Waals surface area contributed by atoms with Crippen LogP contribution >= 0.6 is 0 Å². The van der Waals surface area contributed by atoms with Crippen molar-refractivity contribution in [3.63, 3.8) is 0 Å². The number of hydrogen-bond acceptors (Lipinski definition) is 3. The van der Waals surface area contributed by atoms with E-state index in [-0.39, 0.29) is 5.91 Å². The number of amides is 1. The van der Waals surface area contributed by atoms with Gasteiger partial charge in [-0.15, -0.1) is 0 Å². The monoisotopic (exact) mass is 301 g/mol. The molecule has 2 rings (SSSR count). The van der Waals surface area contributed by atoms with E-state index >= 15 is 0 Å². The number of fused-ring (bicyclic) bond motifs is 1. The molecule has 0 aliphatic rings. The van der Waals surface area contributed by atoms with Crippen LogP contribution in [-0.4, -0.2) is 23.6 Å². The molecule has 1 amide bonds. The van der Waals surface area contributed by atoms with Crippen LogP contribution in [0.1, 0.15) is 26.2 Å². The summed E-state index contributed by atoms with van der Waals surface area (Å²) in [7, 11) is 0. The fourth-order valence-corrected chi connectivity index (χ4v) is 2.20. The standard InChI is InChI=1S/C17H19NO4/c1-2-3-8-16(19)18-14-9-10-15(22-11-17(20)21)13-7-5-4-6-12(13)14/h4-7,9-10H,2-3,8,11H2,1H3,(H,18,19)(H,20,21). The molecule has 0 fully saturated rings. The number of hydrogen-bond donors (Lipinski definition) is 2. The summed E-state index contributed by atoms with van der Waals surface area (Å²) in [4.78, 5) is 22.5. The zero-order valence-electron chi connectivity index (χ0n) is 12.5. The highest BCUT2D eigenvalue weighted by molar-refractivity contribution is 6.04. The minimum Gasteiger partial charge on any atom is -0.481 e. The van der Waals surface area contributed by atoms with Crippen molar-refractivity contribution in [3.8, 4) is 5.75 Å². The smallest absolute Gasteiger partial charge is 0.341 e. The normalized spacial score (nSPS) is 10.4. The van der Waals surface area contributed by atoms with Crippen molar-refractivity contribution in [2.75, 3.05) is 11.9 Å². The molecule has 0 saturated carbocycles. The van der Waals surface area contributed by atoms with Gasteiger partial charge in [-0.1, -0.05) is 37.6 Å². The Morgan fingerprint density at radius 2 is 1.86 bits per heavy atom. The fraction of sp³-hybridized carbons (Fsp3) is 0.294. The van der Waals surface area contributed by atoms with Gasteiger partial charge < -0.3 is 15.2 Å². The molecule has 5 nitrogen and oxygen atoms in total. The summed E-state index contributed by atoms with van der Waals surface area (Å²) in [6, 6.07) is 10.8. The number of carbonyl (C=O) groups excluding carboxylic acids is 1. The molecule has 22 heavy (non-hydrogen) atoms. The van der Waals surface area contributed by atoms with Crippen LogP contribution in [0.4, 0.5) is 5.69 Å². The maximum absolute atomic E-state index is 11.9. The van der Waals surface area contributed by atoms with Gasteiger partial charge in [0.25, 0.3) is 0 Å². The molecule has 2 N–H and O–H groups in total. The van der Waals surface area contributed by atoms with Gasteiger partial charge in [0.15, 0.2) is 6.61 Å². The number of carboxylic acid groups (broad SMARTS) is 1. The molecule has 0 heterocycles. The van der Waals surface area contributed by atoms with Crippen molar-refractivity contribution in [2.45, 2.75) is 26.2 Å². The molecule has 0 radical (unpaired) electrons. The van der Waals surface area contributed by atoms with E-state index in [1.807, 2.05) is 31.2 Å². The molecular formula is C17H19NO4. The van der Waals surface area contributed by atoms with Gasteiger partial charge in [0.1, 0.15) is 5.75 Å². The molecule has 116 valence electrons. The van der Waals surface area contributed by atoms with Crippen LogP contribution in [-0.2, 0) is 9.59 Å². The van der Waals surface area contributed by atoms with Crippen molar-refractivity contribution in [3.05, 3.63) is 36.4 Å². The topological polar surface area (TPSA) is 75.6 Å². The highest BCUT2D eigenvalue weighted by atomic mass is 16.5. The van der Waals surface area contributed by atoms with E-state index in [1.165, 1.54) is 0 Å². The van der Waals surface area contributed by atoms with Crippen LogP contribution in [0.2, 0.25) is 0 Å². The second-order valence-electron chi connectivity index (χ2n) is 4.99. The van der Waals surface area contributed by atoms with E-state index in [0.717, 1.165) is 23.6 Å². The number of benzene rings is 2. The molecule has 0 bridgehead atoms. The van der Waals surface area contributed by atoms with Crippen molar-refractivity contribution in [1.82, 2.24) is 0 Å². The number of aliphatic carboxylic acids is 1. The van der Waals surface area contributed by atoms with Crippen LogP contribution in [0.5, 0.6) is 5.75 Å². The van der Waals surface area contributed by atoms with Gasteiger partial charge in [0.2, 0.25) is 5.91 Å². The van der Waals surface area contributed by atoms with E-state index in [9.17, 15) is 9.59 Å². The molecule has 0 aliphatic carbocycles.